The second-order valence-electron chi connectivity index (χ2n) is 6.65. The number of hydrogen-bond donors (Lipinski definition) is 2. The summed E-state index contributed by atoms with van der Waals surface area (Å²) in [4.78, 5) is 12.0. The summed E-state index contributed by atoms with van der Waals surface area (Å²) in [7, 11) is 0. The minimum absolute atomic E-state index is 0. The smallest absolute Gasteiger partial charge is 0.224 e. The van der Waals surface area contributed by atoms with Crippen LogP contribution in [0.5, 0.6) is 0 Å². The monoisotopic (exact) mass is 310 g/mol. The minimum atomic E-state index is 0. The van der Waals surface area contributed by atoms with Gasteiger partial charge in [-0.25, -0.2) is 0 Å². The van der Waals surface area contributed by atoms with Crippen LogP contribution in [0.2, 0.25) is 0 Å². The molecule has 1 fully saturated rings. The third kappa shape index (κ3) is 5.24. The van der Waals surface area contributed by atoms with Crippen LogP contribution in [-0.2, 0) is 11.2 Å². The second kappa shape index (κ2) is 7.69. The van der Waals surface area contributed by atoms with Crippen LogP contribution in [0.3, 0.4) is 0 Å². The SMILES string of the molecule is CC(C)CC1(CNC(=O)Cc2ccc(N)cc2)CCC1.Cl. The van der Waals surface area contributed by atoms with E-state index in [0.29, 0.717) is 17.8 Å². The fraction of sp³-hybridized carbons (Fsp3) is 0.588. The van der Waals surface area contributed by atoms with Gasteiger partial charge in [-0.3, -0.25) is 4.79 Å². The van der Waals surface area contributed by atoms with Crippen LogP contribution in [0.25, 0.3) is 0 Å². The molecule has 118 valence electrons. The number of anilines is 1. The van der Waals surface area contributed by atoms with Crippen LogP contribution < -0.4 is 11.1 Å². The minimum Gasteiger partial charge on any atom is -0.399 e. The Balaban J connectivity index is 0.00000220. The summed E-state index contributed by atoms with van der Waals surface area (Å²) in [5.74, 6) is 0.814. The molecule has 2 rings (SSSR count). The molecular formula is C17H27ClN2O. The molecule has 1 amide bonds. The molecule has 1 saturated carbocycles. The molecule has 0 heterocycles. The lowest BCUT2D eigenvalue weighted by Gasteiger charge is -2.43. The number of carbonyl (C=O) groups is 1. The summed E-state index contributed by atoms with van der Waals surface area (Å²) in [6.45, 7) is 5.35. The molecule has 0 spiro atoms. The van der Waals surface area contributed by atoms with Gasteiger partial charge in [-0.2, -0.15) is 0 Å². The van der Waals surface area contributed by atoms with Crippen molar-refractivity contribution in [3.63, 3.8) is 0 Å². The van der Waals surface area contributed by atoms with Gasteiger partial charge in [-0.1, -0.05) is 32.4 Å². The Hall–Kier alpha value is -1.22. The molecule has 0 saturated heterocycles. The number of halogens is 1. The van der Waals surface area contributed by atoms with Gasteiger partial charge in [0.2, 0.25) is 5.91 Å². The molecule has 21 heavy (non-hydrogen) atoms. The molecule has 1 aromatic rings. The maximum absolute atomic E-state index is 12.0. The van der Waals surface area contributed by atoms with Crippen molar-refractivity contribution in [1.29, 1.82) is 0 Å². The van der Waals surface area contributed by atoms with E-state index in [2.05, 4.69) is 19.2 Å². The lowest BCUT2D eigenvalue weighted by atomic mass is 9.64. The summed E-state index contributed by atoms with van der Waals surface area (Å²) in [5, 5.41) is 3.12. The predicted octanol–water partition coefficient (Wildman–Crippen LogP) is 3.57. The average Bonchev–Trinajstić information content (AvgIpc) is 2.35. The molecule has 3 N–H and O–H groups in total. The molecular weight excluding hydrogens is 284 g/mol. The van der Waals surface area contributed by atoms with E-state index in [1.165, 1.54) is 25.7 Å². The van der Waals surface area contributed by atoms with Gasteiger partial charge >= 0.3 is 0 Å². The highest BCUT2D eigenvalue weighted by Crippen LogP contribution is 2.45. The molecule has 0 aromatic heterocycles. The Labute approximate surface area is 134 Å². The van der Waals surface area contributed by atoms with Crippen LogP contribution >= 0.6 is 12.4 Å². The Bertz CT molecular complexity index is 452. The summed E-state index contributed by atoms with van der Waals surface area (Å²) in [6.07, 6.45) is 5.48. The summed E-state index contributed by atoms with van der Waals surface area (Å²) in [5.41, 5.74) is 7.76. The number of hydrogen-bond acceptors (Lipinski definition) is 2. The van der Waals surface area contributed by atoms with Crippen LogP contribution in [-0.4, -0.2) is 12.5 Å². The zero-order valence-electron chi connectivity index (χ0n) is 13.0. The molecule has 3 nitrogen and oxygen atoms in total. The predicted molar refractivity (Wildman–Crippen MR) is 90.6 cm³/mol. The fourth-order valence-corrected chi connectivity index (χ4v) is 3.17. The zero-order valence-corrected chi connectivity index (χ0v) is 13.8. The summed E-state index contributed by atoms with van der Waals surface area (Å²) < 4.78 is 0. The molecule has 0 aliphatic heterocycles. The van der Waals surface area contributed by atoms with Gasteiger partial charge in [0.05, 0.1) is 6.42 Å². The quantitative estimate of drug-likeness (QED) is 0.789. The highest BCUT2D eigenvalue weighted by atomic mass is 35.5. The first-order valence-electron chi connectivity index (χ1n) is 7.60. The van der Waals surface area contributed by atoms with Crippen LogP contribution in [0, 0.1) is 11.3 Å². The van der Waals surface area contributed by atoms with E-state index in [9.17, 15) is 4.79 Å². The number of amides is 1. The lowest BCUT2D eigenvalue weighted by molar-refractivity contribution is -0.121. The van der Waals surface area contributed by atoms with Crippen molar-refractivity contribution in [2.45, 2.75) is 46.0 Å². The molecule has 0 bridgehead atoms. The Morgan fingerprint density at radius 2 is 1.90 bits per heavy atom. The van der Waals surface area contributed by atoms with Crippen molar-refractivity contribution in [1.82, 2.24) is 5.32 Å². The van der Waals surface area contributed by atoms with Gasteiger partial charge in [0.25, 0.3) is 0 Å². The van der Waals surface area contributed by atoms with Crippen molar-refractivity contribution < 1.29 is 4.79 Å². The maximum Gasteiger partial charge on any atom is 0.224 e. The van der Waals surface area contributed by atoms with Gasteiger partial charge in [-0.05, 0) is 48.3 Å². The van der Waals surface area contributed by atoms with Gasteiger partial charge < -0.3 is 11.1 Å². The number of rotatable bonds is 6. The Kier molecular flexibility index (Phi) is 6.53. The molecule has 4 heteroatoms. The van der Waals surface area contributed by atoms with Crippen molar-refractivity contribution >= 4 is 24.0 Å². The first kappa shape index (κ1) is 17.8. The Morgan fingerprint density at radius 3 is 2.38 bits per heavy atom. The van der Waals surface area contributed by atoms with Crippen molar-refractivity contribution in [3.8, 4) is 0 Å². The second-order valence-corrected chi connectivity index (χ2v) is 6.65. The third-order valence-electron chi connectivity index (χ3n) is 4.26. The van der Waals surface area contributed by atoms with E-state index in [-0.39, 0.29) is 18.3 Å². The molecule has 1 aromatic carbocycles. The molecule has 0 radical (unpaired) electrons. The van der Waals surface area contributed by atoms with Crippen LogP contribution in [0.1, 0.15) is 45.1 Å². The number of nitrogens with two attached hydrogens (primary N) is 1. The number of nitrogens with one attached hydrogen (secondary N) is 1. The van der Waals surface area contributed by atoms with Crippen molar-refractivity contribution in [3.05, 3.63) is 29.8 Å². The van der Waals surface area contributed by atoms with Gasteiger partial charge in [-0.15, -0.1) is 12.4 Å². The van der Waals surface area contributed by atoms with Crippen LogP contribution in [0.15, 0.2) is 24.3 Å². The van der Waals surface area contributed by atoms with Gasteiger partial charge in [0, 0.05) is 12.2 Å². The van der Waals surface area contributed by atoms with Crippen molar-refractivity contribution in [2.75, 3.05) is 12.3 Å². The van der Waals surface area contributed by atoms with E-state index in [1.807, 2.05) is 24.3 Å². The topological polar surface area (TPSA) is 55.1 Å². The molecule has 1 aliphatic rings. The molecule has 1 aliphatic carbocycles. The number of carbonyl (C=O) groups excluding carboxylic acids is 1. The maximum atomic E-state index is 12.0. The average molecular weight is 311 g/mol. The largest absolute Gasteiger partial charge is 0.399 e. The normalized spacial score (nSPS) is 16.0. The van der Waals surface area contributed by atoms with E-state index in [1.54, 1.807) is 0 Å². The van der Waals surface area contributed by atoms with Crippen LogP contribution in [0.4, 0.5) is 5.69 Å². The zero-order chi connectivity index (χ0) is 14.6. The summed E-state index contributed by atoms with van der Waals surface area (Å²) >= 11 is 0. The van der Waals surface area contributed by atoms with E-state index < -0.39 is 0 Å². The lowest BCUT2D eigenvalue weighted by Crippen LogP contribution is -2.43. The number of benzene rings is 1. The standard InChI is InChI=1S/C17H26N2O.ClH/c1-13(2)11-17(8-3-9-17)12-19-16(20)10-14-4-6-15(18)7-5-14;/h4-7,13H,3,8-12,18H2,1-2H3,(H,19,20);1H. The van der Waals surface area contributed by atoms with E-state index in [0.717, 1.165) is 17.8 Å². The van der Waals surface area contributed by atoms with E-state index in [4.69, 9.17) is 5.73 Å². The van der Waals surface area contributed by atoms with Crippen molar-refractivity contribution in [2.24, 2.45) is 11.3 Å². The summed E-state index contributed by atoms with van der Waals surface area (Å²) in [6, 6.07) is 7.52. The molecule has 0 atom stereocenters. The first-order chi connectivity index (χ1) is 9.49. The Morgan fingerprint density at radius 1 is 1.29 bits per heavy atom. The van der Waals surface area contributed by atoms with Gasteiger partial charge in [0.15, 0.2) is 0 Å². The highest BCUT2D eigenvalue weighted by Gasteiger charge is 2.37. The highest BCUT2D eigenvalue weighted by molar-refractivity contribution is 5.85. The fourth-order valence-electron chi connectivity index (χ4n) is 3.17. The number of nitrogen functional groups attached to an aromatic ring is 1. The van der Waals surface area contributed by atoms with Gasteiger partial charge in [0.1, 0.15) is 0 Å². The van der Waals surface area contributed by atoms with E-state index >= 15 is 0 Å². The third-order valence-corrected chi connectivity index (χ3v) is 4.26. The molecule has 0 unspecified atom stereocenters. The first-order valence-corrected chi connectivity index (χ1v) is 7.60.